The molecule has 1 amide bonds. The average molecular weight is 302 g/mol. The van der Waals surface area contributed by atoms with Crippen LogP contribution in [0.1, 0.15) is 31.2 Å². The van der Waals surface area contributed by atoms with Crippen LogP contribution in [0, 0.1) is 0 Å². The monoisotopic (exact) mass is 302 g/mol. The van der Waals surface area contributed by atoms with Crippen LogP contribution in [0.5, 0.6) is 0 Å². The molecule has 0 aliphatic carbocycles. The Labute approximate surface area is 133 Å². The van der Waals surface area contributed by atoms with Crippen LogP contribution in [0.15, 0.2) is 30.3 Å². The van der Waals surface area contributed by atoms with Crippen LogP contribution in [0.4, 0.5) is 0 Å². The molecule has 1 aromatic rings. The number of benzene rings is 1. The first-order valence-corrected chi connectivity index (χ1v) is 8.46. The molecule has 0 radical (unpaired) electrons. The molecule has 2 fully saturated rings. The van der Waals surface area contributed by atoms with Gasteiger partial charge in [-0.05, 0) is 44.3 Å². The van der Waals surface area contributed by atoms with Gasteiger partial charge in [0.05, 0.1) is 6.61 Å². The van der Waals surface area contributed by atoms with Gasteiger partial charge < -0.3 is 14.5 Å². The van der Waals surface area contributed by atoms with Gasteiger partial charge in [-0.1, -0.05) is 30.3 Å². The number of amides is 1. The Bertz CT molecular complexity index is 471. The minimum Gasteiger partial charge on any atom is -0.367 e. The Morgan fingerprint density at radius 1 is 1.09 bits per heavy atom. The molecular formula is C18H26N2O2. The van der Waals surface area contributed by atoms with Crippen molar-refractivity contribution in [2.45, 2.75) is 38.3 Å². The fourth-order valence-corrected chi connectivity index (χ4v) is 3.53. The summed E-state index contributed by atoms with van der Waals surface area (Å²) in [5, 5.41) is 0. The van der Waals surface area contributed by atoms with Crippen LogP contribution in [0.3, 0.4) is 0 Å². The van der Waals surface area contributed by atoms with Crippen molar-refractivity contribution >= 4 is 5.91 Å². The number of likely N-dealkylation sites (tertiary alicyclic amines) is 2. The lowest BCUT2D eigenvalue weighted by atomic mass is 10.2. The Morgan fingerprint density at radius 2 is 1.86 bits per heavy atom. The van der Waals surface area contributed by atoms with Crippen LogP contribution >= 0.6 is 0 Å². The summed E-state index contributed by atoms with van der Waals surface area (Å²) in [6.45, 7) is 5.05. The maximum atomic E-state index is 12.4. The highest BCUT2D eigenvalue weighted by Crippen LogP contribution is 2.20. The van der Waals surface area contributed by atoms with Crippen LogP contribution in [0.2, 0.25) is 0 Å². The minimum atomic E-state index is 0.151. The summed E-state index contributed by atoms with van der Waals surface area (Å²) >= 11 is 0. The molecule has 2 aliphatic rings. The van der Waals surface area contributed by atoms with Gasteiger partial charge in [0.1, 0.15) is 6.61 Å². The van der Waals surface area contributed by atoms with Crippen LogP contribution < -0.4 is 0 Å². The summed E-state index contributed by atoms with van der Waals surface area (Å²) in [5.74, 6) is 0.151. The molecule has 1 atom stereocenters. The average Bonchev–Trinajstić information content (AvgIpc) is 3.20. The maximum absolute atomic E-state index is 12.4. The third-order valence-corrected chi connectivity index (χ3v) is 4.70. The molecule has 120 valence electrons. The maximum Gasteiger partial charge on any atom is 0.248 e. The SMILES string of the molecule is O=C(COCc1ccccc1)N1CCC[C@H]1CN1CCCC1. The van der Waals surface area contributed by atoms with Crippen molar-refractivity contribution in [2.24, 2.45) is 0 Å². The highest BCUT2D eigenvalue weighted by atomic mass is 16.5. The van der Waals surface area contributed by atoms with Crippen molar-refractivity contribution < 1.29 is 9.53 Å². The summed E-state index contributed by atoms with van der Waals surface area (Å²) in [6, 6.07) is 10.4. The van der Waals surface area contributed by atoms with Crippen molar-refractivity contribution in [3.8, 4) is 0 Å². The lowest BCUT2D eigenvalue weighted by molar-refractivity contribution is -0.137. The molecule has 4 heteroatoms. The van der Waals surface area contributed by atoms with E-state index in [1.807, 2.05) is 35.2 Å². The van der Waals surface area contributed by atoms with Crippen LogP contribution in [-0.4, -0.2) is 54.5 Å². The fraction of sp³-hybridized carbons (Fsp3) is 0.611. The minimum absolute atomic E-state index is 0.151. The molecule has 0 spiro atoms. The Balaban J connectivity index is 1.44. The molecule has 2 heterocycles. The zero-order valence-corrected chi connectivity index (χ0v) is 13.2. The number of hydrogen-bond acceptors (Lipinski definition) is 3. The van der Waals surface area contributed by atoms with Crippen LogP contribution in [-0.2, 0) is 16.1 Å². The molecule has 0 saturated carbocycles. The van der Waals surface area contributed by atoms with Gasteiger partial charge in [-0.2, -0.15) is 0 Å². The smallest absolute Gasteiger partial charge is 0.248 e. The fourth-order valence-electron chi connectivity index (χ4n) is 3.53. The number of carbonyl (C=O) groups excluding carboxylic acids is 1. The summed E-state index contributed by atoms with van der Waals surface area (Å²) in [7, 11) is 0. The van der Waals surface area contributed by atoms with Crippen LogP contribution in [0.25, 0.3) is 0 Å². The standard InChI is InChI=1S/C18H26N2O2/c21-18(15-22-14-16-7-2-1-3-8-16)20-12-6-9-17(20)13-19-10-4-5-11-19/h1-3,7-8,17H,4-6,9-15H2/t17-/m0/s1. The largest absolute Gasteiger partial charge is 0.367 e. The van der Waals surface area contributed by atoms with E-state index in [1.165, 1.54) is 25.9 Å². The molecule has 0 bridgehead atoms. The van der Waals surface area contributed by atoms with E-state index in [2.05, 4.69) is 4.90 Å². The highest BCUT2D eigenvalue weighted by Gasteiger charge is 2.30. The molecule has 22 heavy (non-hydrogen) atoms. The second-order valence-corrected chi connectivity index (χ2v) is 6.37. The zero-order chi connectivity index (χ0) is 15.2. The molecule has 0 unspecified atom stereocenters. The quantitative estimate of drug-likeness (QED) is 0.808. The van der Waals surface area contributed by atoms with Crippen molar-refractivity contribution in [3.63, 3.8) is 0 Å². The molecule has 0 N–H and O–H groups in total. The van der Waals surface area contributed by atoms with E-state index in [1.54, 1.807) is 0 Å². The van der Waals surface area contributed by atoms with Gasteiger partial charge in [-0.15, -0.1) is 0 Å². The number of carbonyl (C=O) groups is 1. The van der Waals surface area contributed by atoms with E-state index in [0.29, 0.717) is 12.6 Å². The Kier molecular flexibility index (Phi) is 5.46. The Morgan fingerprint density at radius 3 is 2.64 bits per heavy atom. The third kappa shape index (κ3) is 4.08. The molecule has 2 aliphatic heterocycles. The summed E-state index contributed by atoms with van der Waals surface area (Å²) in [4.78, 5) is 16.9. The predicted molar refractivity (Wildman–Crippen MR) is 86.5 cm³/mol. The second kappa shape index (κ2) is 7.75. The van der Waals surface area contributed by atoms with Crippen molar-refractivity contribution in [2.75, 3.05) is 32.8 Å². The second-order valence-electron chi connectivity index (χ2n) is 6.37. The molecule has 0 aromatic heterocycles. The van der Waals surface area contributed by atoms with E-state index in [9.17, 15) is 4.79 Å². The zero-order valence-electron chi connectivity index (χ0n) is 13.2. The third-order valence-electron chi connectivity index (χ3n) is 4.70. The van der Waals surface area contributed by atoms with Gasteiger partial charge in [0, 0.05) is 19.1 Å². The highest BCUT2D eigenvalue weighted by molar-refractivity contribution is 5.78. The number of rotatable bonds is 6. The first-order valence-electron chi connectivity index (χ1n) is 8.46. The van der Waals surface area contributed by atoms with E-state index >= 15 is 0 Å². The van der Waals surface area contributed by atoms with Gasteiger partial charge in [0.15, 0.2) is 0 Å². The van der Waals surface area contributed by atoms with Gasteiger partial charge >= 0.3 is 0 Å². The summed E-state index contributed by atoms with van der Waals surface area (Å²) < 4.78 is 5.61. The molecule has 4 nitrogen and oxygen atoms in total. The number of hydrogen-bond donors (Lipinski definition) is 0. The van der Waals surface area contributed by atoms with E-state index < -0.39 is 0 Å². The molecular weight excluding hydrogens is 276 g/mol. The lowest BCUT2D eigenvalue weighted by Crippen LogP contribution is -2.43. The number of ether oxygens (including phenoxy) is 1. The van der Waals surface area contributed by atoms with Crippen molar-refractivity contribution in [1.82, 2.24) is 9.80 Å². The predicted octanol–water partition coefficient (Wildman–Crippen LogP) is 2.29. The van der Waals surface area contributed by atoms with Crippen molar-refractivity contribution in [3.05, 3.63) is 35.9 Å². The normalized spacial score (nSPS) is 22.4. The summed E-state index contributed by atoms with van der Waals surface area (Å²) in [6.07, 6.45) is 4.88. The first kappa shape index (κ1) is 15.5. The van der Waals surface area contributed by atoms with Gasteiger partial charge in [-0.25, -0.2) is 0 Å². The van der Waals surface area contributed by atoms with Gasteiger partial charge in [0.2, 0.25) is 5.91 Å². The van der Waals surface area contributed by atoms with E-state index in [4.69, 9.17) is 4.74 Å². The molecule has 3 rings (SSSR count). The number of nitrogens with zero attached hydrogens (tertiary/aromatic N) is 2. The van der Waals surface area contributed by atoms with Gasteiger partial charge in [0.25, 0.3) is 0 Å². The van der Waals surface area contributed by atoms with E-state index in [-0.39, 0.29) is 12.5 Å². The first-order chi connectivity index (χ1) is 10.8. The lowest BCUT2D eigenvalue weighted by Gasteiger charge is -2.28. The topological polar surface area (TPSA) is 32.8 Å². The summed E-state index contributed by atoms with van der Waals surface area (Å²) in [5.41, 5.74) is 1.12. The molecule has 1 aromatic carbocycles. The molecule has 2 saturated heterocycles. The Hall–Kier alpha value is -1.39. The van der Waals surface area contributed by atoms with Crippen molar-refractivity contribution in [1.29, 1.82) is 0 Å². The van der Waals surface area contributed by atoms with Gasteiger partial charge in [-0.3, -0.25) is 4.79 Å². The van der Waals surface area contributed by atoms with E-state index in [0.717, 1.165) is 31.5 Å².